The van der Waals surface area contributed by atoms with E-state index in [1.807, 2.05) is 50.1 Å². The summed E-state index contributed by atoms with van der Waals surface area (Å²) in [5.74, 6) is 0.718. The highest BCUT2D eigenvalue weighted by Crippen LogP contribution is 2.38. The molecule has 160 valence electrons. The molecule has 0 saturated heterocycles. The summed E-state index contributed by atoms with van der Waals surface area (Å²) < 4.78 is 17.2. The third-order valence-corrected chi connectivity index (χ3v) is 5.03. The second-order valence-electron chi connectivity index (χ2n) is 7.08. The number of esters is 1. The van der Waals surface area contributed by atoms with Crippen LogP contribution in [0.3, 0.4) is 0 Å². The van der Waals surface area contributed by atoms with Crippen molar-refractivity contribution in [3.63, 3.8) is 0 Å². The van der Waals surface area contributed by atoms with Gasteiger partial charge in [-0.1, -0.05) is 25.1 Å². The summed E-state index contributed by atoms with van der Waals surface area (Å²) in [6, 6.07) is 12.7. The van der Waals surface area contributed by atoms with E-state index in [9.17, 15) is 9.59 Å². The molecule has 0 aliphatic carbocycles. The van der Waals surface area contributed by atoms with Gasteiger partial charge in [0.1, 0.15) is 12.8 Å². The van der Waals surface area contributed by atoms with Crippen LogP contribution >= 0.6 is 0 Å². The van der Waals surface area contributed by atoms with Gasteiger partial charge in [-0.15, -0.1) is 0 Å². The van der Waals surface area contributed by atoms with Crippen LogP contribution in [0.25, 0.3) is 0 Å². The Bertz CT molecular complexity index is 914. The summed E-state index contributed by atoms with van der Waals surface area (Å²) in [6.07, 6.45) is 0.673. The highest BCUT2D eigenvalue weighted by molar-refractivity contribution is 6.01. The van der Waals surface area contributed by atoms with Gasteiger partial charge in [0.15, 0.2) is 11.5 Å². The van der Waals surface area contributed by atoms with Crippen LogP contribution in [0, 0.1) is 0 Å². The molecule has 0 bridgehead atoms. The topological polar surface area (TPSA) is 68.3 Å². The second kappa shape index (κ2) is 9.52. The van der Waals surface area contributed by atoms with E-state index < -0.39 is 0 Å². The first-order valence-electron chi connectivity index (χ1n) is 10.2. The van der Waals surface area contributed by atoms with Gasteiger partial charge < -0.3 is 24.0 Å². The highest BCUT2D eigenvalue weighted by Gasteiger charge is 2.34. The first-order chi connectivity index (χ1) is 14.5. The Labute approximate surface area is 177 Å². The molecule has 1 aliphatic rings. The van der Waals surface area contributed by atoms with Gasteiger partial charge in [-0.3, -0.25) is 9.59 Å². The molecule has 1 aliphatic heterocycles. The third kappa shape index (κ3) is 4.35. The van der Waals surface area contributed by atoms with Gasteiger partial charge >= 0.3 is 5.97 Å². The summed E-state index contributed by atoms with van der Waals surface area (Å²) in [4.78, 5) is 28.5. The fourth-order valence-corrected chi connectivity index (χ4v) is 3.44. The minimum atomic E-state index is -0.342. The summed E-state index contributed by atoms with van der Waals surface area (Å²) in [6.45, 7) is 4.40. The van der Waals surface area contributed by atoms with E-state index in [0.29, 0.717) is 36.5 Å². The molecule has 1 amide bonds. The van der Waals surface area contributed by atoms with Crippen LogP contribution in [0.2, 0.25) is 0 Å². The highest BCUT2D eigenvalue weighted by atomic mass is 16.6. The van der Waals surface area contributed by atoms with Crippen LogP contribution in [0.1, 0.15) is 37.0 Å². The molecule has 30 heavy (non-hydrogen) atoms. The number of ether oxygens (including phenoxy) is 3. The molecule has 2 aromatic rings. The lowest BCUT2D eigenvalue weighted by Crippen LogP contribution is -2.54. The summed E-state index contributed by atoms with van der Waals surface area (Å²) in [5.41, 5.74) is 1.51. The average molecular weight is 412 g/mol. The second-order valence-corrected chi connectivity index (χ2v) is 7.08. The van der Waals surface area contributed by atoms with Gasteiger partial charge in [0.2, 0.25) is 5.75 Å². The zero-order valence-electron chi connectivity index (χ0n) is 17.9. The Hall–Kier alpha value is -3.22. The maximum absolute atomic E-state index is 12.8. The van der Waals surface area contributed by atoms with Crippen LogP contribution in [0.15, 0.2) is 42.5 Å². The largest absolute Gasteiger partial charge is 0.490 e. The molecule has 7 heteroatoms. The Balaban J connectivity index is 1.83. The Kier molecular flexibility index (Phi) is 6.82. The lowest BCUT2D eigenvalue weighted by atomic mass is 10.1. The third-order valence-electron chi connectivity index (χ3n) is 5.03. The molecule has 1 heterocycles. The number of hydrogen-bond donors (Lipinski definition) is 0. The molecular weight excluding hydrogens is 384 g/mol. The lowest BCUT2D eigenvalue weighted by molar-refractivity contribution is -0.134. The van der Waals surface area contributed by atoms with Gasteiger partial charge in [0, 0.05) is 20.5 Å². The van der Waals surface area contributed by atoms with Crippen molar-refractivity contribution < 1.29 is 23.8 Å². The molecule has 7 nitrogen and oxygen atoms in total. The first kappa shape index (κ1) is 21.5. The fraction of sp³-hybridized carbons (Fsp3) is 0.391. The molecule has 0 spiro atoms. The minimum Gasteiger partial charge on any atom is -0.490 e. The van der Waals surface area contributed by atoms with Crippen LogP contribution < -0.4 is 19.1 Å². The number of benzene rings is 2. The number of nitrogens with zero attached hydrogens (tertiary/aromatic N) is 2. The molecule has 1 atom stereocenters. The summed E-state index contributed by atoms with van der Waals surface area (Å²) in [7, 11) is 3.68. The molecule has 0 N–H and O–H groups in total. The van der Waals surface area contributed by atoms with Crippen molar-refractivity contribution in [3.8, 4) is 17.2 Å². The summed E-state index contributed by atoms with van der Waals surface area (Å²) in [5, 5.41) is 0. The minimum absolute atomic E-state index is 0.0602. The molecule has 3 rings (SSSR count). The lowest BCUT2D eigenvalue weighted by Gasteiger charge is -2.41. The number of carbonyl (C=O) groups is 2. The monoisotopic (exact) mass is 412 g/mol. The van der Waals surface area contributed by atoms with Gasteiger partial charge in [-0.25, -0.2) is 0 Å². The normalized spacial score (nSPS) is 15.6. The standard InChI is InChI=1S/C23H28N2O5/c1-5-10-21(26)30-22-18(28-6-2)13-9-14-19(22)29-15-20-24(3)17-12-8-7-11-16(17)23(27)25(20)4/h7-9,11-14,20H,5-6,10,15H2,1-4H3. The van der Waals surface area contributed by atoms with Gasteiger partial charge in [0.25, 0.3) is 5.91 Å². The number of likely N-dealkylation sites (N-methyl/N-ethyl adjacent to an activating group) is 2. The fourth-order valence-electron chi connectivity index (χ4n) is 3.44. The number of fused-ring (bicyclic) bond motifs is 1. The predicted octanol–water partition coefficient (Wildman–Crippen LogP) is 3.72. The van der Waals surface area contributed by atoms with Crippen molar-refractivity contribution in [1.82, 2.24) is 4.90 Å². The average Bonchev–Trinajstić information content (AvgIpc) is 2.74. The number of carbonyl (C=O) groups excluding carboxylic acids is 2. The van der Waals surface area contributed by atoms with Gasteiger partial charge in [-0.2, -0.15) is 0 Å². The Morgan fingerprint density at radius 2 is 1.67 bits per heavy atom. The van der Waals surface area contributed by atoms with E-state index in [1.165, 1.54) is 0 Å². The van der Waals surface area contributed by atoms with Crippen molar-refractivity contribution >= 4 is 17.6 Å². The van der Waals surface area contributed by atoms with Gasteiger partial charge in [-0.05, 0) is 37.6 Å². The number of amides is 1. The number of para-hydroxylation sites is 2. The van der Waals surface area contributed by atoms with Crippen molar-refractivity contribution in [2.75, 3.05) is 32.2 Å². The van der Waals surface area contributed by atoms with Crippen LogP contribution in [-0.4, -0.2) is 50.3 Å². The van der Waals surface area contributed by atoms with E-state index in [2.05, 4.69) is 0 Å². The van der Waals surface area contributed by atoms with Crippen molar-refractivity contribution in [3.05, 3.63) is 48.0 Å². The maximum Gasteiger partial charge on any atom is 0.311 e. The molecule has 0 fully saturated rings. The van der Waals surface area contributed by atoms with Crippen LogP contribution in [-0.2, 0) is 4.79 Å². The van der Waals surface area contributed by atoms with Crippen LogP contribution in [0.5, 0.6) is 17.2 Å². The zero-order chi connectivity index (χ0) is 21.7. The van der Waals surface area contributed by atoms with Crippen molar-refractivity contribution in [2.45, 2.75) is 32.9 Å². The molecule has 2 aromatic carbocycles. The van der Waals surface area contributed by atoms with E-state index in [-0.39, 0.29) is 30.4 Å². The summed E-state index contributed by atoms with van der Waals surface area (Å²) >= 11 is 0. The molecule has 1 unspecified atom stereocenters. The molecule has 0 aromatic heterocycles. The molecule has 0 saturated carbocycles. The van der Waals surface area contributed by atoms with E-state index in [4.69, 9.17) is 14.2 Å². The van der Waals surface area contributed by atoms with Crippen molar-refractivity contribution in [1.29, 1.82) is 0 Å². The Morgan fingerprint density at radius 3 is 2.37 bits per heavy atom. The molecular formula is C23H28N2O5. The SMILES string of the molecule is CCCC(=O)Oc1c(OCC)cccc1OCC1N(C)C(=O)c2ccccc2N1C. The number of rotatable bonds is 8. The number of anilines is 1. The first-order valence-corrected chi connectivity index (χ1v) is 10.2. The Morgan fingerprint density at radius 1 is 0.967 bits per heavy atom. The van der Waals surface area contributed by atoms with Gasteiger partial charge in [0.05, 0.1) is 17.9 Å². The van der Waals surface area contributed by atoms with Crippen LogP contribution in [0.4, 0.5) is 5.69 Å². The maximum atomic E-state index is 12.8. The zero-order valence-corrected chi connectivity index (χ0v) is 17.9. The number of hydrogen-bond acceptors (Lipinski definition) is 6. The van der Waals surface area contributed by atoms with E-state index in [0.717, 1.165) is 5.69 Å². The predicted molar refractivity (Wildman–Crippen MR) is 114 cm³/mol. The smallest absolute Gasteiger partial charge is 0.311 e. The van der Waals surface area contributed by atoms with E-state index in [1.54, 1.807) is 30.1 Å². The molecule has 0 radical (unpaired) electrons. The quantitative estimate of drug-likeness (QED) is 0.486. The van der Waals surface area contributed by atoms with E-state index >= 15 is 0 Å². The van der Waals surface area contributed by atoms with Crippen molar-refractivity contribution in [2.24, 2.45) is 0 Å².